The molecule has 5 heteroatoms. The molecule has 0 aliphatic heterocycles. The summed E-state index contributed by atoms with van der Waals surface area (Å²) in [6.45, 7) is 0. The quantitative estimate of drug-likeness (QED) is 0.791. The molecule has 0 saturated carbocycles. The van der Waals surface area contributed by atoms with Crippen molar-refractivity contribution in [3.8, 4) is 5.75 Å². The van der Waals surface area contributed by atoms with Crippen LogP contribution in [-0.4, -0.2) is 33.7 Å². The molecule has 14 heavy (non-hydrogen) atoms. The zero-order chi connectivity index (χ0) is 10.6. The van der Waals surface area contributed by atoms with Gasteiger partial charge in [0.2, 0.25) is 0 Å². The number of halogens is 1. The lowest BCUT2D eigenvalue weighted by Gasteiger charge is -2.15. The van der Waals surface area contributed by atoms with Crippen LogP contribution in [0.2, 0.25) is 0 Å². The van der Waals surface area contributed by atoms with Gasteiger partial charge in [-0.2, -0.15) is 0 Å². The van der Waals surface area contributed by atoms with E-state index in [9.17, 15) is 10.2 Å². The normalized spacial score (nSPS) is 14.9. The molecule has 2 unspecified atom stereocenters. The summed E-state index contributed by atoms with van der Waals surface area (Å²) in [5.74, 6) is 0.559. The van der Waals surface area contributed by atoms with Crippen LogP contribution < -0.4 is 4.74 Å². The van der Waals surface area contributed by atoms with Gasteiger partial charge in [0.1, 0.15) is 11.9 Å². The molecule has 2 N–H and O–H groups in total. The van der Waals surface area contributed by atoms with Crippen LogP contribution in [0.25, 0.3) is 0 Å². The highest BCUT2D eigenvalue weighted by molar-refractivity contribution is 9.09. The second-order valence-corrected chi connectivity index (χ2v) is 3.47. The van der Waals surface area contributed by atoms with Crippen LogP contribution in [0, 0.1) is 0 Å². The molecular formula is C9H12BrNO3. The number of hydrogen-bond donors (Lipinski definition) is 2. The first-order valence-electron chi connectivity index (χ1n) is 4.10. The fourth-order valence-corrected chi connectivity index (χ4v) is 1.37. The lowest BCUT2D eigenvalue weighted by molar-refractivity contribution is 0.0339. The maximum Gasteiger partial charge on any atom is 0.137 e. The van der Waals surface area contributed by atoms with Gasteiger partial charge >= 0.3 is 0 Å². The summed E-state index contributed by atoms with van der Waals surface area (Å²) in [5, 5.41) is 19.3. The highest BCUT2D eigenvalue weighted by Gasteiger charge is 2.17. The molecule has 1 aromatic rings. The molecule has 0 aliphatic rings. The van der Waals surface area contributed by atoms with Gasteiger partial charge in [-0.05, 0) is 6.07 Å². The first kappa shape index (κ1) is 11.4. The number of aliphatic hydroxyl groups is 2. The third kappa shape index (κ3) is 2.67. The Morgan fingerprint density at radius 1 is 1.50 bits per heavy atom. The van der Waals surface area contributed by atoms with Crippen molar-refractivity contribution in [2.24, 2.45) is 0 Å². The molecule has 0 spiro atoms. The third-order valence-corrected chi connectivity index (χ3v) is 2.50. The zero-order valence-corrected chi connectivity index (χ0v) is 9.31. The summed E-state index contributed by atoms with van der Waals surface area (Å²) in [6, 6.07) is 1.64. The van der Waals surface area contributed by atoms with Crippen molar-refractivity contribution in [1.82, 2.24) is 4.98 Å². The van der Waals surface area contributed by atoms with Gasteiger partial charge in [0.05, 0.1) is 19.4 Å². The van der Waals surface area contributed by atoms with E-state index in [2.05, 4.69) is 20.9 Å². The average Bonchev–Trinajstić information content (AvgIpc) is 2.27. The second-order valence-electron chi connectivity index (χ2n) is 2.82. The Balaban J connectivity index is 2.83. The van der Waals surface area contributed by atoms with Crippen LogP contribution in [-0.2, 0) is 0 Å². The van der Waals surface area contributed by atoms with E-state index in [0.717, 1.165) is 0 Å². The van der Waals surface area contributed by atoms with E-state index in [-0.39, 0.29) is 0 Å². The molecule has 0 amide bonds. The summed E-state index contributed by atoms with van der Waals surface area (Å²) in [5.41, 5.74) is 0.538. The molecule has 0 saturated heterocycles. The second kappa shape index (κ2) is 5.29. The van der Waals surface area contributed by atoms with E-state index in [0.29, 0.717) is 16.6 Å². The summed E-state index contributed by atoms with van der Waals surface area (Å²) < 4.78 is 4.95. The Morgan fingerprint density at radius 3 is 2.79 bits per heavy atom. The van der Waals surface area contributed by atoms with Gasteiger partial charge in [-0.25, -0.2) is 0 Å². The number of aromatic nitrogens is 1. The number of aliphatic hydroxyl groups excluding tert-OH is 2. The Labute approximate surface area is 90.7 Å². The fraction of sp³-hybridized carbons (Fsp3) is 0.444. The van der Waals surface area contributed by atoms with E-state index in [4.69, 9.17) is 4.74 Å². The summed E-state index contributed by atoms with van der Waals surface area (Å²) in [4.78, 5) is 3.88. The lowest BCUT2D eigenvalue weighted by Crippen LogP contribution is -2.19. The SMILES string of the molecule is COc1cncc(C(O)C(O)CBr)c1. The van der Waals surface area contributed by atoms with E-state index < -0.39 is 12.2 Å². The van der Waals surface area contributed by atoms with Crippen LogP contribution in [0.5, 0.6) is 5.75 Å². The first-order valence-corrected chi connectivity index (χ1v) is 5.22. The molecule has 78 valence electrons. The topological polar surface area (TPSA) is 62.6 Å². The summed E-state index contributed by atoms with van der Waals surface area (Å²) >= 11 is 3.09. The standard InChI is InChI=1S/C9H12BrNO3/c1-14-7-2-6(4-11-5-7)9(13)8(12)3-10/h2,4-5,8-9,12-13H,3H2,1H3. The van der Waals surface area contributed by atoms with Crippen LogP contribution in [0.3, 0.4) is 0 Å². The molecule has 1 rings (SSSR count). The maximum absolute atomic E-state index is 9.63. The van der Waals surface area contributed by atoms with Crippen molar-refractivity contribution >= 4 is 15.9 Å². The van der Waals surface area contributed by atoms with Crippen LogP contribution in [0.15, 0.2) is 18.5 Å². The minimum Gasteiger partial charge on any atom is -0.495 e. The maximum atomic E-state index is 9.63. The highest BCUT2D eigenvalue weighted by Crippen LogP contribution is 2.20. The number of alkyl halides is 1. The third-order valence-electron chi connectivity index (χ3n) is 1.83. The van der Waals surface area contributed by atoms with Gasteiger partial charge in [0.15, 0.2) is 0 Å². The van der Waals surface area contributed by atoms with E-state index in [1.165, 1.54) is 19.5 Å². The van der Waals surface area contributed by atoms with Crippen molar-refractivity contribution in [2.75, 3.05) is 12.4 Å². The molecule has 0 radical (unpaired) electrons. The molecule has 0 fully saturated rings. The Bertz CT molecular complexity index is 295. The number of pyridine rings is 1. The minimum absolute atomic E-state index is 0.311. The van der Waals surface area contributed by atoms with Gasteiger partial charge in [0.25, 0.3) is 0 Å². The van der Waals surface area contributed by atoms with Gasteiger partial charge in [-0.15, -0.1) is 0 Å². The predicted octanol–water partition coefficient (Wildman–Crippen LogP) is 0.879. The predicted molar refractivity (Wildman–Crippen MR) is 55.5 cm³/mol. The molecule has 0 bridgehead atoms. The van der Waals surface area contributed by atoms with Crippen molar-refractivity contribution in [1.29, 1.82) is 0 Å². The molecule has 1 aromatic heterocycles. The van der Waals surface area contributed by atoms with Crippen molar-refractivity contribution in [3.63, 3.8) is 0 Å². The highest BCUT2D eigenvalue weighted by atomic mass is 79.9. The molecule has 1 heterocycles. The van der Waals surface area contributed by atoms with Gasteiger partial charge in [-0.1, -0.05) is 15.9 Å². The van der Waals surface area contributed by atoms with Crippen LogP contribution >= 0.6 is 15.9 Å². The van der Waals surface area contributed by atoms with E-state index >= 15 is 0 Å². The first-order chi connectivity index (χ1) is 6.69. The number of nitrogens with zero attached hydrogens (tertiary/aromatic N) is 1. The van der Waals surface area contributed by atoms with E-state index in [1.54, 1.807) is 6.07 Å². The van der Waals surface area contributed by atoms with Gasteiger partial charge in [0, 0.05) is 17.1 Å². The Kier molecular flexibility index (Phi) is 4.31. The smallest absolute Gasteiger partial charge is 0.137 e. The average molecular weight is 262 g/mol. The lowest BCUT2D eigenvalue weighted by atomic mass is 10.1. The van der Waals surface area contributed by atoms with Crippen molar-refractivity contribution in [2.45, 2.75) is 12.2 Å². The molecule has 4 nitrogen and oxygen atoms in total. The number of methoxy groups -OCH3 is 1. The zero-order valence-electron chi connectivity index (χ0n) is 7.72. The monoisotopic (exact) mass is 261 g/mol. The van der Waals surface area contributed by atoms with Crippen molar-refractivity contribution < 1.29 is 14.9 Å². The summed E-state index contributed by atoms with van der Waals surface area (Å²) in [6.07, 6.45) is 1.25. The van der Waals surface area contributed by atoms with Crippen LogP contribution in [0.1, 0.15) is 11.7 Å². The Hall–Kier alpha value is -0.650. The number of rotatable bonds is 4. The Morgan fingerprint density at radius 2 is 2.21 bits per heavy atom. The molecule has 0 aromatic carbocycles. The van der Waals surface area contributed by atoms with E-state index in [1.807, 2.05) is 0 Å². The molecule has 2 atom stereocenters. The largest absolute Gasteiger partial charge is 0.495 e. The minimum atomic E-state index is -0.947. The number of ether oxygens (including phenoxy) is 1. The van der Waals surface area contributed by atoms with Crippen molar-refractivity contribution in [3.05, 3.63) is 24.0 Å². The number of hydrogen-bond acceptors (Lipinski definition) is 4. The van der Waals surface area contributed by atoms with Gasteiger partial charge in [-0.3, -0.25) is 4.98 Å². The molecular weight excluding hydrogens is 250 g/mol. The van der Waals surface area contributed by atoms with Gasteiger partial charge < -0.3 is 14.9 Å². The molecule has 0 aliphatic carbocycles. The fourth-order valence-electron chi connectivity index (χ4n) is 1.02. The van der Waals surface area contributed by atoms with Crippen LogP contribution in [0.4, 0.5) is 0 Å². The summed E-state index contributed by atoms with van der Waals surface area (Å²) in [7, 11) is 1.52.